The summed E-state index contributed by atoms with van der Waals surface area (Å²) in [5.74, 6) is -0.128. The minimum Gasteiger partial charge on any atom is -0.467 e. The lowest BCUT2D eigenvalue weighted by Crippen LogP contribution is -2.43. The summed E-state index contributed by atoms with van der Waals surface area (Å²) in [7, 11) is 0. The maximum atomic E-state index is 13.6. The first-order valence-electron chi connectivity index (χ1n) is 12.9. The van der Waals surface area contributed by atoms with Crippen molar-refractivity contribution in [3.63, 3.8) is 0 Å². The Labute approximate surface area is 223 Å². The van der Waals surface area contributed by atoms with Gasteiger partial charge in [-0.2, -0.15) is 0 Å². The van der Waals surface area contributed by atoms with Crippen LogP contribution in [0.15, 0.2) is 83.5 Å². The highest BCUT2D eigenvalue weighted by molar-refractivity contribution is 5.94. The van der Waals surface area contributed by atoms with E-state index in [0.717, 1.165) is 37.2 Å². The summed E-state index contributed by atoms with van der Waals surface area (Å²) in [6.45, 7) is 4.90. The summed E-state index contributed by atoms with van der Waals surface area (Å²) < 4.78 is 24.3. The topological polar surface area (TPSA) is 66.2 Å². The number of carbonyl (C=O) groups is 2. The van der Waals surface area contributed by atoms with Crippen LogP contribution in [-0.2, 0) is 27.4 Å². The van der Waals surface area contributed by atoms with E-state index in [-0.39, 0.29) is 37.3 Å². The Morgan fingerprint density at radius 1 is 0.921 bits per heavy atom. The monoisotopic (exact) mass is 519 g/mol. The van der Waals surface area contributed by atoms with E-state index >= 15 is 0 Å². The number of halogens is 1. The van der Waals surface area contributed by atoms with Crippen molar-refractivity contribution in [2.24, 2.45) is 0 Å². The Morgan fingerprint density at radius 3 is 2.39 bits per heavy atom. The molecule has 0 radical (unpaired) electrons. The van der Waals surface area contributed by atoms with Gasteiger partial charge in [0.15, 0.2) is 0 Å². The van der Waals surface area contributed by atoms with Crippen molar-refractivity contribution in [1.82, 2.24) is 14.7 Å². The quantitative estimate of drug-likeness (QED) is 0.336. The zero-order valence-corrected chi connectivity index (χ0v) is 21.5. The molecule has 1 aromatic heterocycles. The number of morpholine rings is 1. The summed E-state index contributed by atoms with van der Waals surface area (Å²) >= 11 is 0. The molecular formula is C30H34FN3O4. The fraction of sp³-hybridized carbons (Fsp3) is 0.333. The number of benzene rings is 2. The Hall–Kier alpha value is -3.75. The van der Waals surface area contributed by atoms with E-state index in [1.54, 1.807) is 46.4 Å². The number of carbonyl (C=O) groups excluding carboxylic acids is 2. The number of nitrogens with zero attached hydrogens (tertiary/aromatic N) is 3. The van der Waals surface area contributed by atoms with E-state index in [2.05, 4.69) is 4.90 Å². The van der Waals surface area contributed by atoms with Crippen molar-refractivity contribution in [2.45, 2.75) is 19.5 Å². The third kappa shape index (κ3) is 8.68. The predicted octanol–water partition coefficient (Wildman–Crippen LogP) is 4.21. The smallest absolute Gasteiger partial charge is 0.247 e. The maximum absolute atomic E-state index is 13.6. The molecule has 0 saturated carbocycles. The molecule has 2 aromatic carbocycles. The molecular weight excluding hydrogens is 485 g/mol. The van der Waals surface area contributed by atoms with Gasteiger partial charge in [0.05, 0.1) is 26.0 Å². The molecule has 1 saturated heterocycles. The van der Waals surface area contributed by atoms with Gasteiger partial charge in [0.25, 0.3) is 0 Å². The number of ether oxygens (including phenoxy) is 1. The summed E-state index contributed by atoms with van der Waals surface area (Å²) in [6, 6.07) is 19.2. The molecule has 1 aliphatic rings. The Bertz CT molecular complexity index is 1160. The number of amides is 2. The molecule has 1 fully saturated rings. The summed E-state index contributed by atoms with van der Waals surface area (Å²) in [5.41, 5.74) is 1.71. The lowest BCUT2D eigenvalue weighted by atomic mass is 10.2. The van der Waals surface area contributed by atoms with Gasteiger partial charge in [-0.1, -0.05) is 42.5 Å². The van der Waals surface area contributed by atoms with Crippen LogP contribution in [0.4, 0.5) is 4.39 Å². The maximum Gasteiger partial charge on any atom is 0.247 e. The average molecular weight is 520 g/mol. The summed E-state index contributed by atoms with van der Waals surface area (Å²) in [4.78, 5) is 32.3. The Morgan fingerprint density at radius 2 is 1.68 bits per heavy atom. The van der Waals surface area contributed by atoms with Crippen LogP contribution in [-0.4, -0.2) is 72.5 Å². The van der Waals surface area contributed by atoms with Crippen LogP contribution in [0.25, 0.3) is 6.08 Å². The zero-order chi connectivity index (χ0) is 26.6. The van der Waals surface area contributed by atoms with Crippen LogP contribution < -0.4 is 0 Å². The van der Waals surface area contributed by atoms with Crippen molar-refractivity contribution in [2.75, 3.05) is 45.9 Å². The zero-order valence-electron chi connectivity index (χ0n) is 21.5. The molecule has 0 bridgehead atoms. The SMILES string of the molecule is O=C(C=Cc1ccccc1)N(CCCN1CCOCC1)CC(=O)N(Cc1ccc(F)cc1)Cc1ccco1. The molecule has 0 atom stereocenters. The van der Waals surface area contributed by atoms with Gasteiger partial charge in [-0.15, -0.1) is 0 Å². The van der Waals surface area contributed by atoms with E-state index in [1.165, 1.54) is 18.2 Å². The molecule has 0 spiro atoms. The van der Waals surface area contributed by atoms with Crippen LogP contribution in [0.2, 0.25) is 0 Å². The van der Waals surface area contributed by atoms with E-state index < -0.39 is 0 Å². The fourth-order valence-corrected chi connectivity index (χ4v) is 4.31. The van der Waals surface area contributed by atoms with Crippen LogP contribution in [0.1, 0.15) is 23.3 Å². The fourth-order valence-electron chi connectivity index (χ4n) is 4.31. The Kier molecular flexibility index (Phi) is 10.2. The number of furan rings is 1. The van der Waals surface area contributed by atoms with Gasteiger partial charge >= 0.3 is 0 Å². The predicted molar refractivity (Wildman–Crippen MR) is 143 cm³/mol. The first-order valence-corrected chi connectivity index (χ1v) is 12.9. The second-order valence-corrected chi connectivity index (χ2v) is 9.27. The van der Waals surface area contributed by atoms with Gasteiger partial charge in [0.1, 0.15) is 18.1 Å². The summed E-state index contributed by atoms with van der Waals surface area (Å²) in [5, 5.41) is 0. The average Bonchev–Trinajstić information content (AvgIpc) is 3.46. The number of hydrogen-bond acceptors (Lipinski definition) is 5. The van der Waals surface area contributed by atoms with Crippen molar-refractivity contribution < 1.29 is 23.1 Å². The second-order valence-electron chi connectivity index (χ2n) is 9.27. The highest BCUT2D eigenvalue weighted by Crippen LogP contribution is 2.13. The van der Waals surface area contributed by atoms with E-state index in [9.17, 15) is 14.0 Å². The van der Waals surface area contributed by atoms with E-state index in [0.29, 0.717) is 25.5 Å². The molecule has 0 aliphatic carbocycles. The largest absolute Gasteiger partial charge is 0.467 e. The normalized spacial score (nSPS) is 14.0. The molecule has 7 nitrogen and oxygen atoms in total. The highest BCUT2D eigenvalue weighted by Gasteiger charge is 2.22. The third-order valence-electron chi connectivity index (χ3n) is 6.43. The lowest BCUT2D eigenvalue weighted by Gasteiger charge is -2.29. The van der Waals surface area contributed by atoms with Gasteiger partial charge in [-0.3, -0.25) is 14.5 Å². The third-order valence-corrected chi connectivity index (χ3v) is 6.43. The molecule has 38 heavy (non-hydrogen) atoms. The van der Waals surface area contributed by atoms with Gasteiger partial charge in [-0.05, 0) is 47.9 Å². The van der Waals surface area contributed by atoms with Crippen LogP contribution in [0.3, 0.4) is 0 Å². The second kappa shape index (κ2) is 14.3. The van der Waals surface area contributed by atoms with Gasteiger partial charge in [-0.25, -0.2) is 4.39 Å². The standard InChI is InChI=1S/C30H34FN3O4/c31-27-12-9-26(10-13-27)22-34(23-28-8-4-19-38-28)30(36)24-33(16-5-15-32-17-20-37-21-18-32)29(35)14-11-25-6-2-1-3-7-25/h1-4,6-14,19H,5,15-18,20-24H2. The van der Waals surface area contributed by atoms with Gasteiger partial charge in [0.2, 0.25) is 11.8 Å². The van der Waals surface area contributed by atoms with Crippen molar-refractivity contribution in [3.8, 4) is 0 Å². The summed E-state index contributed by atoms with van der Waals surface area (Å²) in [6.07, 6.45) is 5.59. The molecule has 8 heteroatoms. The molecule has 3 aromatic rings. The van der Waals surface area contributed by atoms with Crippen LogP contribution in [0, 0.1) is 5.82 Å². The van der Waals surface area contributed by atoms with Crippen molar-refractivity contribution in [1.29, 1.82) is 0 Å². The molecule has 200 valence electrons. The first-order chi connectivity index (χ1) is 18.6. The number of hydrogen-bond donors (Lipinski definition) is 0. The minimum atomic E-state index is -0.333. The number of rotatable bonds is 12. The lowest BCUT2D eigenvalue weighted by molar-refractivity contribution is -0.139. The molecule has 0 N–H and O–H groups in total. The van der Waals surface area contributed by atoms with Crippen molar-refractivity contribution >= 4 is 17.9 Å². The van der Waals surface area contributed by atoms with Gasteiger partial charge in [0, 0.05) is 38.8 Å². The molecule has 2 heterocycles. The van der Waals surface area contributed by atoms with Crippen LogP contribution >= 0.6 is 0 Å². The van der Waals surface area contributed by atoms with Crippen molar-refractivity contribution in [3.05, 3.63) is 102 Å². The molecule has 4 rings (SSSR count). The van der Waals surface area contributed by atoms with E-state index in [1.807, 2.05) is 30.3 Å². The van der Waals surface area contributed by atoms with E-state index in [4.69, 9.17) is 9.15 Å². The van der Waals surface area contributed by atoms with Crippen LogP contribution in [0.5, 0.6) is 0 Å². The first kappa shape index (κ1) is 27.3. The molecule has 0 unspecified atom stereocenters. The Balaban J connectivity index is 1.46. The molecule has 1 aliphatic heterocycles. The minimum absolute atomic E-state index is 0.0665. The highest BCUT2D eigenvalue weighted by atomic mass is 19.1. The van der Waals surface area contributed by atoms with Gasteiger partial charge < -0.3 is 19.0 Å². The molecule has 2 amide bonds.